The van der Waals surface area contributed by atoms with Crippen molar-refractivity contribution in [2.45, 2.75) is 19.0 Å². The van der Waals surface area contributed by atoms with Crippen molar-refractivity contribution in [1.82, 2.24) is 20.0 Å². The molecule has 3 rings (SSSR count). The van der Waals surface area contributed by atoms with Crippen LogP contribution in [0.25, 0.3) is 0 Å². The van der Waals surface area contributed by atoms with Crippen LogP contribution in [0.3, 0.4) is 0 Å². The first-order valence-electron chi connectivity index (χ1n) is 6.69. The summed E-state index contributed by atoms with van der Waals surface area (Å²) in [4.78, 5) is 26.1. The molecule has 1 saturated heterocycles. The summed E-state index contributed by atoms with van der Waals surface area (Å²) >= 11 is 0. The average molecular weight is 284 g/mol. The fraction of sp³-hybridized carbons (Fsp3) is 0.267. The smallest absolute Gasteiger partial charge is 0.319 e. The molecule has 1 aliphatic heterocycles. The number of benzene rings is 1. The Labute approximate surface area is 122 Å². The third-order valence-corrected chi connectivity index (χ3v) is 3.87. The molecule has 0 unspecified atom stereocenters. The molecule has 1 fully saturated rings. The topological polar surface area (TPSA) is 67.2 Å². The van der Waals surface area contributed by atoms with Crippen molar-refractivity contribution in [1.29, 1.82) is 0 Å². The molecule has 0 radical (unpaired) electrons. The van der Waals surface area contributed by atoms with Crippen molar-refractivity contribution in [3.8, 4) is 0 Å². The van der Waals surface area contributed by atoms with Crippen LogP contribution in [-0.2, 0) is 23.9 Å². The molecule has 1 aliphatic rings. The van der Waals surface area contributed by atoms with Crippen LogP contribution in [-0.4, -0.2) is 26.6 Å². The molecule has 1 aromatic heterocycles. The highest BCUT2D eigenvalue weighted by atomic mass is 16.2. The van der Waals surface area contributed by atoms with E-state index in [1.54, 1.807) is 30.9 Å². The van der Waals surface area contributed by atoms with Gasteiger partial charge in [-0.25, -0.2) is 4.79 Å². The molecule has 0 bridgehead atoms. The first-order chi connectivity index (χ1) is 10.0. The van der Waals surface area contributed by atoms with Crippen molar-refractivity contribution in [2.75, 3.05) is 0 Å². The molecule has 0 aliphatic carbocycles. The van der Waals surface area contributed by atoms with E-state index in [0.29, 0.717) is 0 Å². The number of rotatable bonds is 3. The summed E-state index contributed by atoms with van der Waals surface area (Å²) in [5.74, 6) is -0.250. The van der Waals surface area contributed by atoms with Crippen molar-refractivity contribution in [2.24, 2.45) is 7.05 Å². The van der Waals surface area contributed by atoms with Gasteiger partial charge < -0.3 is 5.32 Å². The van der Waals surface area contributed by atoms with Crippen LogP contribution in [0.15, 0.2) is 42.6 Å². The van der Waals surface area contributed by atoms with Gasteiger partial charge in [0.1, 0.15) is 5.54 Å². The molecule has 1 aromatic carbocycles. The van der Waals surface area contributed by atoms with Gasteiger partial charge in [0.2, 0.25) is 0 Å². The summed E-state index contributed by atoms with van der Waals surface area (Å²) in [5.41, 5.74) is 0.559. The first kappa shape index (κ1) is 13.4. The molecule has 6 heteroatoms. The van der Waals surface area contributed by atoms with E-state index >= 15 is 0 Å². The van der Waals surface area contributed by atoms with E-state index in [9.17, 15) is 9.59 Å². The lowest BCUT2D eigenvalue weighted by atomic mass is 9.92. The fourth-order valence-corrected chi connectivity index (χ4v) is 2.53. The van der Waals surface area contributed by atoms with Gasteiger partial charge in [0.25, 0.3) is 5.91 Å². The molecule has 0 saturated carbocycles. The summed E-state index contributed by atoms with van der Waals surface area (Å²) in [6.07, 6.45) is 1.64. The maximum Gasteiger partial charge on any atom is 0.325 e. The number of imide groups is 1. The van der Waals surface area contributed by atoms with Gasteiger partial charge in [-0.2, -0.15) is 5.10 Å². The van der Waals surface area contributed by atoms with E-state index in [4.69, 9.17) is 0 Å². The normalized spacial score (nSPS) is 21.7. The van der Waals surface area contributed by atoms with Crippen LogP contribution in [0, 0.1) is 0 Å². The number of urea groups is 1. The minimum absolute atomic E-state index is 0.212. The molecule has 108 valence electrons. The number of nitrogens with one attached hydrogen (secondary N) is 1. The number of aryl methyl sites for hydroxylation is 1. The zero-order chi connectivity index (χ0) is 15.0. The molecule has 21 heavy (non-hydrogen) atoms. The summed E-state index contributed by atoms with van der Waals surface area (Å²) in [7, 11) is 1.78. The van der Waals surface area contributed by atoms with Crippen LogP contribution in [0.2, 0.25) is 0 Å². The highest BCUT2D eigenvalue weighted by Crippen LogP contribution is 2.29. The van der Waals surface area contributed by atoms with E-state index in [0.717, 1.165) is 11.3 Å². The van der Waals surface area contributed by atoms with Gasteiger partial charge >= 0.3 is 6.03 Å². The van der Waals surface area contributed by atoms with Crippen molar-refractivity contribution in [3.05, 3.63) is 53.9 Å². The second-order valence-electron chi connectivity index (χ2n) is 5.26. The van der Waals surface area contributed by atoms with Gasteiger partial charge in [0, 0.05) is 13.2 Å². The summed E-state index contributed by atoms with van der Waals surface area (Å²) < 4.78 is 1.65. The SMILES string of the molecule is Cn1nccc1CN1C(=O)N[C@](C)(c2ccccc2)C1=O. The van der Waals surface area contributed by atoms with Crippen LogP contribution in [0.4, 0.5) is 4.79 Å². The van der Waals surface area contributed by atoms with E-state index in [1.807, 2.05) is 30.3 Å². The highest BCUT2D eigenvalue weighted by molar-refractivity contribution is 6.07. The largest absolute Gasteiger partial charge is 0.325 e. The van der Waals surface area contributed by atoms with Crippen LogP contribution in [0.5, 0.6) is 0 Å². The van der Waals surface area contributed by atoms with Crippen LogP contribution < -0.4 is 5.32 Å². The van der Waals surface area contributed by atoms with Gasteiger partial charge in [0.05, 0.1) is 12.2 Å². The Morgan fingerprint density at radius 3 is 2.52 bits per heavy atom. The number of hydrogen-bond donors (Lipinski definition) is 1. The molecule has 0 spiro atoms. The zero-order valence-corrected chi connectivity index (χ0v) is 11.9. The lowest BCUT2D eigenvalue weighted by Crippen LogP contribution is -2.40. The minimum Gasteiger partial charge on any atom is -0.319 e. The van der Waals surface area contributed by atoms with E-state index < -0.39 is 5.54 Å². The van der Waals surface area contributed by atoms with Crippen molar-refractivity contribution in [3.63, 3.8) is 0 Å². The summed E-state index contributed by atoms with van der Waals surface area (Å²) in [5, 5.41) is 6.84. The molecule has 2 aromatic rings. The zero-order valence-electron chi connectivity index (χ0n) is 11.9. The molecular weight excluding hydrogens is 268 g/mol. The first-order valence-corrected chi connectivity index (χ1v) is 6.69. The molecular formula is C15H16N4O2. The maximum atomic E-state index is 12.7. The number of carbonyl (C=O) groups is 2. The monoisotopic (exact) mass is 284 g/mol. The van der Waals surface area contributed by atoms with E-state index in [1.165, 1.54) is 4.90 Å². The highest BCUT2D eigenvalue weighted by Gasteiger charge is 2.48. The Morgan fingerprint density at radius 1 is 1.19 bits per heavy atom. The second kappa shape index (κ2) is 4.73. The third kappa shape index (κ3) is 2.08. The molecule has 6 nitrogen and oxygen atoms in total. The quantitative estimate of drug-likeness (QED) is 0.866. The number of hydrogen-bond acceptors (Lipinski definition) is 3. The Morgan fingerprint density at radius 2 is 1.90 bits per heavy atom. The molecule has 1 atom stereocenters. The van der Waals surface area contributed by atoms with Gasteiger partial charge in [-0.05, 0) is 18.6 Å². The number of carbonyl (C=O) groups excluding carboxylic acids is 2. The van der Waals surface area contributed by atoms with E-state index in [-0.39, 0.29) is 18.5 Å². The number of aromatic nitrogens is 2. The maximum absolute atomic E-state index is 12.7. The van der Waals surface area contributed by atoms with Crippen LogP contribution in [0.1, 0.15) is 18.2 Å². The van der Waals surface area contributed by atoms with Crippen LogP contribution >= 0.6 is 0 Å². The third-order valence-electron chi connectivity index (χ3n) is 3.87. The lowest BCUT2D eigenvalue weighted by molar-refractivity contribution is -0.131. The number of amides is 3. The van der Waals surface area contributed by atoms with Crippen molar-refractivity contribution >= 4 is 11.9 Å². The van der Waals surface area contributed by atoms with Gasteiger partial charge in [-0.1, -0.05) is 30.3 Å². The number of nitrogens with zero attached hydrogens (tertiary/aromatic N) is 3. The molecule has 3 amide bonds. The Kier molecular flexibility index (Phi) is 3.01. The predicted molar refractivity (Wildman–Crippen MR) is 76.1 cm³/mol. The summed E-state index contributed by atoms with van der Waals surface area (Å²) in [6.45, 7) is 1.94. The lowest BCUT2D eigenvalue weighted by Gasteiger charge is -2.22. The Balaban J connectivity index is 1.91. The average Bonchev–Trinajstić information content (AvgIpc) is 2.98. The summed E-state index contributed by atoms with van der Waals surface area (Å²) in [6, 6.07) is 10.7. The molecule has 1 N–H and O–H groups in total. The molecule has 2 heterocycles. The second-order valence-corrected chi connectivity index (χ2v) is 5.26. The van der Waals surface area contributed by atoms with Crippen molar-refractivity contribution < 1.29 is 9.59 Å². The van der Waals surface area contributed by atoms with E-state index in [2.05, 4.69) is 10.4 Å². The Hall–Kier alpha value is -2.63. The Bertz CT molecular complexity index is 695. The fourth-order valence-electron chi connectivity index (χ4n) is 2.53. The van der Waals surface area contributed by atoms with Gasteiger partial charge in [0.15, 0.2) is 0 Å². The minimum atomic E-state index is -1.02. The standard InChI is InChI=1S/C15H16N4O2/c1-15(11-6-4-3-5-7-11)13(20)19(14(21)17-15)10-12-8-9-16-18(12)2/h3-9H,10H2,1-2H3,(H,17,21)/t15-/m1/s1. The van der Waals surface area contributed by atoms with Gasteiger partial charge in [-0.3, -0.25) is 14.4 Å². The van der Waals surface area contributed by atoms with Gasteiger partial charge in [-0.15, -0.1) is 0 Å². The predicted octanol–water partition coefficient (Wildman–Crippen LogP) is 1.39.